The smallest absolute Gasteiger partial charge is 0.246 e. The van der Waals surface area contributed by atoms with Crippen molar-refractivity contribution in [2.45, 2.75) is 6.10 Å². The molecule has 1 fully saturated rings. The standard InChI is InChI=1S/C10H9BrClNO2/c11-8-3-6(12)1-2-7(8)9-4-13-10(14)5-15-9/h1-3,9H,4-5H2,(H,13,14). The number of hydrogen-bond donors (Lipinski definition) is 1. The van der Waals surface area contributed by atoms with Crippen molar-refractivity contribution in [3.05, 3.63) is 33.3 Å². The molecule has 0 spiro atoms. The summed E-state index contributed by atoms with van der Waals surface area (Å²) in [4.78, 5) is 10.9. The summed E-state index contributed by atoms with van der Waals surface area (Å²) in [5, 5.41) is 3.43. The van der Waals surface area contributed by atoms with Gasteiger partial charge in [0, 0.05) is 16.0 Å². The Morgan fingerprint density at radius 3 is 2.93 bits per heavy atom. The molecular weight excluding hydrogens is 281 g/mol. The van der Waals surface area contributed by atoms with E-state index in [1.165, 1.54) is 0 Å². The molecule has 80 valence electrons. The van der Waals surface area contributed by atoms with Gasteiger partial charge in [0.25, 0.3) is 0 Å². The predicted molar refractivity (Wildman–Crippen MR) is 60.9 cm³/mol. The Kier molecular flexibility index (Phi) is 3.29. The highest BCUT2D eigenvalue weighted by Gasteiger charge is 2.21. The fourth-order valence-corrected chi connectivity index (χ4v) is 2.39. The number of halogens is 2. The largest absolute Gasteiger partial charge is 0.362 e. The molecule has 1 aliphatic heterocycles. The number of morpholine rings is 1. The quantitative estimate of drug-likeness (QED) is 0.862. The van der Waals surface area contributed by atoms with E-state index in [0.717, 1.165) is 10.0 Å². The number of ether oxygens (including phenoxy) is 1. The molecule has 1 atom stereocenters. The molecule has 1 saturated heterocycles. The summed E-state index contributed by atoms with van der Waals surface area (Å²) in [6, 6.07) is 5.52. The lowest BCUT2D eigenvalue weighted by molar-refractivity contribution is -0.133. The maximum atomic E-state index is 10.9. The van der Waals surface area contributed by atoms with Gasteiger partial charge in [0.2, 0.25) is 5.91 Å². The van der Waals surface area contributed by atoms with Crippen LogP contribution < -0.4 is 5.32 Å². The van der Waals surface area contributed by atoms with E-state index >= 15 is 0 Å². The Morgan fingerprint density at radius 1 is 1.53 bits per heavy atom. The molecule has 5 heteroatoms. The molecule has 2 rings (SSSR count). The Morgan fingerprint density at radius 2 is 2.33 bits per heavy atom. The van der Waals surface area contributed by atoms with E-state index in [4.69, 9.17) is 16.3 Å². The fraction of sp³-hybridized carbons (Fsp3) is 0.300. The molecule has 0 radical (unpaired) electrons. The number of amides is 1. The van der Waals surface area contributed by atoms with Gasteiger partial charge in [-0.1, -0.05) is 33.6 Å². The van der Waals surface area contributed by atoms with Crippen molar-refractivity contribution in [2.24, 2.45) is 0 Å². The molecule has 1 aromatic rings. The van der Waals surface area contributed by atoms with E-state index in [1.54, 1.807) is 6.07 Å². The molecule has 3 nitrogen and oxygen atoms in total. The average molecular weight is 291 g/mol. The van der Waals surface area contributed by atoms with E-state index < -0.39 is 0 Å². The lowest BCUT2D eigenvalue weighted by Crippen LogP contribution is -2.38. The Bertz CT molecular complexity index is 387. The second kappa shape index (κ2) is 4.51. The minimum absolute atomic E-state index is 0.0728. The highest BCUT2D eigenvalue weighted by Crippen LogP contribution is 2.29. The molecule has 1 heterocycles. The third-order valence-corrected chi connectivity index (χ3v) is 3.13. The Balaban J connectivity index is 2.19. The molecule has 0 bridgehead atoms. The summed E-state index contributed by atoms with van der Waals surface area (Å²) in [6.07, 6.45) is -0.102. The zero-order valence-electron chi connectivity index (χ0n) is 7.80. The van der Waals surface area contributed by atoms with Gasteiger partial charge in [-0.05, 0) is 17.7 Å². The van der Waals surface area contributed by atoms with Crippen molar-refractivity contribution >= 4 is 33.4 Å². The fourth-order valence-electron chi connectivity index (χ4n) is 1.46. The zero-order valence-corrected chi connectivity index (χ0v) is 10.1. The summed E-state index contributed by atoms with van der Waals surface area (Å²) in [5.74, 6) is -0.0728. The maximum Gasteiger partial charge on any atom is 0.246 e. The van der Waals surface area contributed by atoms with Crippen LogP contribution in [0.3, 0.4) is 0 Å². The van der Waals surface area contributed by atoms with Crippen molar-refractivity contribution in [1.29, 1.82) is 0 Å². The van der Waals surface area contributed by atoms with Gasteiger partial charge in [-0.15, -0.1) is 0 Å². The Hall–Kier alpha value is -0.580. The third kappa shape index (κ3) is 2.51. The second-order valence-corrected chi connectivity index (χ2v) is 4.56. The SMILES string of the molecule is O=C1COC(c2ccc(Cl)cc2Br)CN1. The number of nitrogens with one attached hydrogen (secondary N) is 1. The van der Waals surface area contributed by atoms with Crippen molar-refractivity contribution in [2.75, 3.05) is 13.2 Å². The maximum absolute atomic E-state index is 10.9. The van der Waals surface area contributed by atoms with Gasteiger partial charge in [-0.25, -0.2) is 0 Å². The van der Waals surface area contributed by atoms with Gasteiger partial charge >= 0.3 is 0 Å². The van der Waals surface area contributed by atoms with E-state index in [9.17, 15) is 4.79 Å². The first-order valence-corrected chi connectivity index (χ1v) is 5.67. The summed E-state index contributed by atoms with van der Waals surface area (Å²) >= 11 is 9.26. The number of benzene rings is 1. The van der Waals surface area contributed by atoms with Crippen LogP contribution in [0.15, 0.2) is 22.7 Å². The third-order valence-electron chi connectivity index (χ3n) is 2.21. The van der Waals surface area contributed by atoms with Gasteiger partial charge in [-0.2, -0.15) is 0 Å². The van der Waals surface area contributed by atoms with Crippen LogP contribution in [0.2, 0.25) is 5.02 Å². The first-order chi connectivity index (χ1) is 7.16. The lowest BCUT2D eigenvalue weighted by Gasteiger charge is -2.24. The predicted octanol–water partition coefficient (Wildman–Crippen LogP) is 2.29. The number of rotatable bonds is 1. The van der Waals surface area contributed by atoms with Crippen LogP contribution in [0.4, 0.5) is 0 Å². The van der Waals surface area contributed by atoms with E-state index in [-0.39, 0.29) is 18.6 Å². The van der Waals surface area contributed by atoms with Crippen molar-refractivity contribution in [3.63, 3.8) is 0 Å². The van der Waals surface area contributed by atoms with Gasteiger partial charge < -0.3 is 10.1 Å². The van der Waals surface area contributed by atoms with Crippen LogP contribution >= 0.6 is 27.5 Å². The van der Waals surface area contributed by atoms with Crippen molar-refractivity contribution < 1.29 is 9.53 Å². The van der Waals surface area contributed by atoms with E-state index in [1.807, 2.05) is 12.1 Å². The lowest BCUT2D eigenvalue weighted by atomic mass is 10.1. The number of carbonyl (C=O) groups is 1. The highest BCUT2D eigenvalue weighted by atomic mass is 79.9. The van der Waals surface area contributed by atoms with Gasteiger partial charge in [-0.3, -0.25) is 4.79 Å². The van der Waals surface area contributed by atoms with E-state index in [2.05, 4.69) is 21.2 Å². The normalized spacial score (nSPS) is 21.2. The molecule has 1 amide bonds. The summed E-state index contributed by atoms with van der Waals surface area (Å²) in [6.45, 7) is 0.610. The first-order valence-electron chi connectivity index (χ1n) is 4.50. The van der Waals surface area contributed by atoms with Crippen molar-refractivity contribution in [1.82, 2.24) is 5.32 Å². The average Bonchev–Trinajstić information content (AvgIpc) is 2.20. The molecule has 1 aromatic carbocycles. The summed E-state index contributed by atoms with van der Waals surface area (Å²) in [7, 11) is 0. The van der Waals surface area contributed by atoms with Crippen LogP contribution in [0.25, 0.3) is 0 Å². The summed E-state index contributed by atoms with van der Waals surface area (Å²) in [5.41, 5.74) is 0.999. The molecule has 1 N–H and O–H groups in total. The first kappa shape index (κ1) is 10.9. The molecule has 0 saturated carbocycles. The highest BCUT2D eigenvalue weighted by molar-refractivity contribution is 9.10. The molecule has 0 aromatic heterocycles. The van der Waals surface area contributed by atoms with Crippen molar-refractivity contribution in [3.8, 4) is 0 Å². The van der Waals surface area contributed by atoms with Gasteiger partial charge in [0.15, 0.2) is 0 Å². The molecule has 15 heavy (non-hydrogen) atoms. The van der Waals surface area contributed by atoms with Crippen LogP contribution in [-0.2, 0) is 9.53 Å². The van der Waals surface area contributed by atoms with Gasteiger partial charge in [0.05, 0.1) is 0 Å². The van der Waals surface area contributed by atoms with Crippen LogP contribution in [0.5, 0.6) is 0 Å². The monoisotopic (exact) mass is 289 g/mol. The molecule has 0 aliphatic carbocycles. The van der Waals surface area contributed by atoms with Crippen LogP contribution in [0.1, 0.15) is 11.7 Å². The summed E-state index contributed by atoms with van der Waals surface area (Å²) < 4.78 is 6.31. The number of hydrogen-bond acceptors (Lipinski definition) is 2. The molecule has 1 unspecified atom stereocenters. The minimum Gasteiger partial charge on any atom is -0.362 e. The Labute approximate surface area is 101 Å². The second-order valence-electron chi connectivity index (χ2n) is 3.27. The van der Waals surface area contributed by atoms with E-state index in [0.29, 0.717) is 11.6 Å². The molecule has 1 aliphatic rings. The minimum atomic E-state index is -0.102. The van der Waals surface area contributed by atoms with Crippen LogP contribution in [0, 0.1) is 0 Å². The zero-order chi connectivity index (χ0) is 10.8. The number of carbonyl (C=O) groups excluding carboxylic acids is 1. The molecular formula is C10H9BrClNO2. The van der Waals surface area contributed by atoms with Crippen LogP contribution in [-0.4, -0.2) is 19.1 Å². The van der Waals surface area contributed by atoms with Gasteiger partial charge in [0.1, 0.15) is 12.7 Å². The topological polar surface area (TPSA) is 38.3 Å².